The summed E-state index contributed by atoms with van der Waals surface area (Å²) in [6.07, 6.45) is 1.77. The molecular formula is C20H25ClN2O2. The zero-order valence-electron chi connectivity index (χ0n) is 14.5. The van der Waals surface area contributed by atoms with Crippen LogP contribution in [0.1, 0.15) is 24.0 Å². The third kappa shape index (κ3) is 5.48. The van der Waals surface area contributed by atoms with Crippen LogP contribution < -0.4 is 15.4 Å². The topological polar surface area (TPSA) is 50.4 Å². The average molecular weight is 361 g/mol. The number of halogens is 1. The summed E-state index contributed by atoms with van der Waals surface area (Å²) in [4.78, 5) is 12.5. The molecule has 3 rings (SSSR count). The lowest BCUT2D eigenvalue weighted by molar-refractivity contribution is -0.120. The van der Waals surface area contributed by atoms with Crippen molar-refractivity contribution in [2.24, 2.45) is 5.92 Å². The minimum Gasteiger partial charge on any atom is -0.487 e. The molecule has 1 heterocycles. The first-order valence-electron chi connectivity index (χ1n) is 8.51. The maximum atomic E-state index is 12.5. The second-order valence-electron chi connectivity index (χ2n) is 6.29. The highest BCUT2D eigenvalue weighted by Gasteiger charge is 2.21. The van der Waals surface area contributed by atoms with E-state index in [4.69, 9.17) is 4.74 Å². The highest BCUT2D eigenvalue weighted by molar-refractivity contribution is 5.94. The van der Waals surface area contributed by atoms with Crippen LogP contribution in [0.5, 0.6) is 5.75 Å². The van der Waals surface area contributed by atoms with E-state index in [1.165, 1.54) is 0 Å². The number of aryl methyl sites for hydroxylation is 1. The van der Waals surface area contributed by atoms with Crippen LogP contribution in [0.4, 0.5) is 5.69 Å². The van der Waals surface area contributed by atoms with Crippen molar-refractivity contribution >= 4 is 24.0 Å². The van der Waals surface area contributed by atoms with Crippen LogP contribution in [0.2, 0.25) is 0 Å². The first-order chi connectivity index (χ1) is 11.7. The van der Waals surface area contributed by atoms with Crippen molar-refractivity contribution in [3.63, 3.8) is 0 Å². The molecule has 0 bridgehead atoms. The zero-order valence-corrected chi connectivity index (χ0v) is 15.3. The SMILES string of the molecule is Cc1ccc(NC(=O)C2CCNCC2)c(OCc2ccccc2)c1.Cl. The summed E-state index contributed by atoms with van der Waals surface area (Å²) in [6, 6.07) is 15.9. The minimum atomic E-state index is 0. The molecule has 2 aromatic rings. The van der Waals surface area contributed by atoms with E-state index in [1.807, 2.05) is 55.5 Å². The van der Waals surface area contributed by atoms with E-state index < -0.39 is 0 Å². The number of benzene rings is 2. The van der Waals surface area contributed by atoms with Crippen molar-refractivity contribution < 1.29 is 9.53 Å². The second-order valence-corrected chi connectivity index (χ2v) is 6.29. The van der Waals surface area contributed by atoms with E-state index in [0.29, 0.717) is 6.61 Å². The lowest BCUT2D eigenvalue weighted by atomic mass is 9.97. The van der Waals surface area contributed by atoms with Crippen LogP contribution in [0.3, 0.4) is 0 Å². The van der Waals surface area contributed by atoms with Crippen molar-refractivity contribution in [2.75, 3.05) is 18.4 Å². The Morgan fingerprint density at radius 3 is 2.60 bits per heavy atom. The Hall–Kier alpha value is -2.04. The van der Waals surface area contributed by atoms with Gasteiger partial charge in [0.1, 0.15) is 12.4 Å². The van der Waals surface area contributed by atoms with E-state index in [9.17, 15) is 4.79 Å². The highest BCUT2D eigenvalue weighted by Crippen LogP contribution is 2.28. The van der Waals surface area contributed by atoms with Crippen molar-refractivity contribution in [1.29, 1.82) is 0 Å². The van der Waals surface area contributed by atoms with Gasteiger partial charge in [-0.05, 0) is 56.1 Å². The zero-order chi connectivity index (χ0) is 16.8. The molecular weight excluding hydrogens is 336 g/mol. The molecule has 1 saturated heterocycles. The first-order valence-corrected chi connectivity index (χ1v) is 8.51. The number of carbonyl (C=O) groups is 1. The number of carbonyl (C=O) groups excluding carboxylic acids is 1. The van der Waals surface area contributed by atoms with Gasteiger partial charge in [-0.3, -0.25) is 4.79 Å². The summed E-state index contributed by atoms with van der Waals surface area (Å²) in [5.41, 5.74) is 2.97. The van der Waals surface area contributed by atoms with Gasteiger partial charge in [0.2, 0.25) is 5.91 Å². The molecule has 1 amide bonds. The molecule has 4 nitrogen and oxygen atoms in total. The summed E-state index contributed by atoms with van der Waals surface area (Å²) in [7, 11) is 0. The number of ether oxygens (including phenoxy) is 1. The molecule has 134 valence electrons. The number of rotatable bonds is 5. The van der Waals surface area contributed by atoms with E-state index in [0.717, 1.165) is 48.5 Å². The van der Waals surface area contributed by atoms with E-state index >= 15 is 0 Å². The molecule has 2 aromatic carbocycles. The van der Waals surface area contributed by atoms with Gasteiger partial charge in [-0.25, -0.2) is 0 Å². The van der Waals surface area contributed by atoms with Crippen molar-refractivity contribution in [3.8, 4) is 5.75 Å². The van der Waals surface area contributed by atoms with Crippen LogP contribution >= 0.6 is 12.4 Å². The minimum absolute atomic E-state index is 0. The van der Waals surface area contributed by atoms with Gasteiger partial charge >= 0.3 is 0 Å². The molecule has 0 spiro atoms. The highest BCUT2D eigenvalue weighted by atomic mass is 35.5. The molecule has 1 aliphatic heterocycles. The van der Waals surface area contributed by atoms with Gasteiger partial charge in [0.15, 0.2) is 0 Å². The summed E-state index contributed by atoms with van der Waals surface area (Å²) < 4.78 is 5.97. The fourth-order valence-electron chi connectivity index (χ4n) is 2.91. The molecule has 0 aliphatic carbocycles. The standard InChI is InChI=1S/C20H24N2O2.ClH/c1-15-7-8-18(22-20(23)17-9-11-21-12-10-17)19(13-15)24-14-16-5-3-2-4-6-16;/h2-8,13,17,21H,9-12,14H2,1H3,(H,22,23);1H. The van der Waals surface area contributed by atoms with Crippen molar-refractivity contribution in [3.05, 3.63) is 59.7 Å². The van der Waals surface area contributed by atoms with Gasteiger partial charge < -0.3 is 15.4 Å². The average Bonchev–Trinajstić information content (AvgIpc) is 2.63. The van der Waals surface area contributed by atoms with Crippen molar-refractivity contribution in [1.82, 2.24) is 5.32 Å². The van der Waals surface area contributed by atoms with Gasteiger partial charge in [0.05, 0.1) is 5.69 Å². The number of hydrogen-bond donors (Lipinski definition) is 2. The summed E-state index contributed by atoms with van der Waals surface area (Å²) in [5.74, 6) is 0.889. The molecule has 5 heteroatoms. The maximum absolute atomic E-state index is 12.5. The molecule has 1 aliphatic rings. The van der Waals surface area contributed by atoms with Gasteiger partial charge in [-0.1, -0.05) is 36.4 Å². The third-order valence-electron chi connectivity index (χ3n) is 4.34. The normalized spacial score (nSPS) is 14.4. The van der Waals surface area contributed by atoms with Gasteiger partial charge in [0, 0.05) is 5.92 Å². The molecule has 2 N–H and O–H groups in total. The van der Waals surface area contributed by atoms with Gasteiger partial charge in [-0.15, -0.1) is 12.4 Å². The first kappa shape index (κ1) is 19.3. The molecule has 0 atom stereocenters. The number of hydrogen-bond acceptors (Lipinski definition) is 3. The molecule has 1 fully saturated rings. The monoisotopic (exact) mass is 360 g/mol. The van der Waals surface area contributed by atoms with Crippen LogP contribution in [0, 0.1) is 12.8 Å². The number of nitrogens with one attached hydrogen (secondary N) is 2. The molecule has 0 radical (unpaired) electrons. The lowest BCUT2D eigenvalue weighted by Gasteiger charge is -2.22. The number of amides is 1. The Kier molecular flexibility index (Phi) is 7.29. The summed E-state index contributed by atoms with van der Waals surface area (Å²) in [6.45, 7) is 4.32. The quantitative estimate of drug-likeness (QED) is 0.849. The van der Waals surface area contributed by atoms with E-state index in [1.54, 1.807) is 0 Å². The Morgan fingerprint density at radius 2 is 1.88 bits per heavy atom. The predicted octanol–water partition coefficient (Wildman–Crippen LogP) is 3.93. The predicted molar refractivity (Wildman–Crippen MR) is 103 cm³/mol. The van der Waals surface area contributed by atoms with E-state index in [-0.39, 0.29) is 24.2 Å². The van der Waals surface area contributed by atoms with E-state index in [2.05, 4.69) is 10.6 Å². The third-order valence-corrected chi connectivity index (χ3v) is 4.34. The fourth-order valence-corrected chi connectivity index (χ4v) is 2.91. The Bertz CT molecular complexity index is 685. The maximum Gasteiger partial charge on any atom is 0.227 e. The summed E-state index contributed by atoms with van der Waals surface area (Å²) >= 11 is 0. The smallest absolute Gasteiger partial charge is 0.227 e. The largest absolute Gasteiger partial charge is 0.487 e. The Labute approximate surface area is 155 Å². The number of anilines is 1. The Morgan fingerprint density at radius 1 is 1.16 bits per heavy atom. The molecule has 0 unspecified atom stereocenters. The van der Waals surface area contributed by atoms with Gasteiger partial charge in [0.25, 0.3) is 0 Å². The molecule has 0 aromatic heterocycles. The van der Waals surface area contributed by atoms with Crippen LogP contribution in [0.15, 0.2) is 48.5 Å². The fraction of sp³-hybridized carbons (Fsp3) is 0.350. The van der Waals surface area contributed by atoms with Gasteiger partial charge in [-0.2, -0.15) is 0 Å². The van der Waals surface area contributed by atoms with Crippen molar-refractivity contribution in [2.45, 2.75) is 26.4 Å². The molecule has 0 saturated carbocycles. The van der Waals surface area contributed by atoms with Crippen LogP contribution in [-0.4, -0.2) is 19.0 Å². The van der Waals surface area contributed by atoms with Crippen LogP contribution in [-0.2, 0) is 11.4 Å². The summed E-state index contributed by atoms with van der Waals surface area (Å²) in [5, 5.41) is 6.34. The second kappa shape index (κ2) is 9.44. The lowest BCUT2D eigenvalue weighted by Crippen LogP contribution is -2.34. The number of piperidine rings is 1. The molecule has 25 heavy (non-hydrogen) atoms. The Balaban J connectivity index is 0.00000225. The van der Waals surface area contributed by atoms with Crippen LogP contribution in [0.25, 0.3) is 0 Å².